The van der Waals surface area contributed by atoms with Crippen LogP contribution in [0.5, 0.6) is 0 Å². The van der Waals surface area contributed by atoms with Crippen LogP contribution in [0.25, 0.3) is 0 Å². The van der Waals surface area contributed by atoms with Crippen LogP contribution in [-0.4, -0.2) is 23.1 Å². The van der Waals surface area contributed by atoms with Gasteiger partial charge in [0, 0.05) is 5.56 Å². The van der Waals surface area contributed by atoms with Gasteiger partial charge in [-0.25, -0.2) is 0 Å². The third-order valence-electron chi connectivity index (χ3n) is 2.06. The Morgan fingerprint density at radius 1 is 1.79 bits per heavy atom. The smallest absolute Gasteiger partial charge is 0.234 e. The topological polar surface area (TPSA) is 33.5 Å². The first-order valence-electron chi connectivity index (χ1n) is 4.19. The number of nitrogens with zero attached hydrogens (tertiary/aromatic N) is 1. The molecule has 1 amide bonds. The zero-order chi connectivity index (χ0) is 9.97. The van der Waals surface area contributed by atoms with Crippen molar-refractivity contribution < 1.29 is 9.21 Å². The zero-order valence-corrected chi connectivity index (χ0v) is 8.29. The van der Waals surface area contributed by atoms with E-state index in [1.165, 1.54) is 0 Å². The molecule has 0 radical (unpaired) electrons. The van der Waals surface area contributed by atoms with E-state index < -0.39 is 0 Å². The molecule has 1 aromatic heterocycles. The normalized spacial score (nSPS) is 21.2. The van der Waals surface area contributed by atoms with Gasteiger partial charge >= 0.3 is 0 Å². The van der Waals surface area contributed by atoms with Crippen molar-refractivity contribution in [3.05, 3.63) is 24.2 Å². The van der Waals surface area contributed by atoms with Gasteiger partial charge < -0.3 is 9.32 Å². The van der Waals surface area contributed by atoms with Crippen molar-refractivity contribution in [3.8, 4) is 12.3 Å². The van der Waals surface area contributed by atoms with Crippen LogP contribution in [0, 0.1) is 12.3 Å². The second kappa shape index (κ2) is 3.81. The van der Waals surface area contributed by atoms with Gasteiger partial charge in [-0.3, -0.25) is 4.79 Å². The first-order chi connectivity index (χ1) is 6.83. The van der Waals surface area contributed by atoms with E-state index in [0.29, 0.717) is 12.3 Å². The van der Waals surface area contributed by atoms with Gasteiger partial charge in [0.25, 0.3) is 0 Å². The average molecular weight is 207 g/mol. The number of rotatable bonds is 2. The Kier molecular flexibility index (Phi) is 2.51. The Morgan fingerprint density at radius 3 is 3.29 bits per heavy atom. The van der Waals surface area contributed by atoms with Gasteiger partial charge in [0.2, 0.25) is 5.91 Å². The number of hydrogen-bond donors (Lipinski definition) is 0. The highest BCUT2D eigenvalue weighted by Gasteiger charge is 2.32. The SMILES string of the molecule is C#CCN1C(=O)CSC1c1ccoc1. The fourth-order valence-corrected chi connectivity index (χ4v) is 2.58. The van der Waals surface area contributed by atoms with E-state index in [1.54, 1.807) is 29.2 Å². The Hall–Kier alpha value is -1.34. The third-order valence-corrected chi connectivity index (χ3v) is 3.31. The predicted molar refractivity (Wildman–Crippen MR) is 54.5 cm³/mol. The molecule has 0 aliphatic carbocycles. The van der Waals surface area contributed by atoms with Crippen molar-refractivity contribution in [1.29, 1.82) is 0 Å². The average Bonchev–Trinajstić information content (AvgIpc) is 2.77. The van der Waals surface area contributed by atoms with E-state index in [-0.39, 0.29) is 11.3 Å². The van der Waals surface area contributed by atoms with Crippen molar-refractivity contribution >= 4 is 17.7 Å². The molecule has 3 nitrogen and oxygen atoms in total. The van der Waals surface area contributed by atoms with Gasteiger partial charge in [0.1, 0.15) is 5.37 Å². The van der Waals surface area contributed by atoms with Gasteiger partial charge in [0.15, 0.2) is 0 Å². The summed E-state index contributed by atoms with van der Waals surface area (Å²) < 4.78 is 4.99. The van der Waals surface area contributed by atoms with Gasteiger partial charge in [-0.15, -0.1) is 18.2 Å². The van der Waals surface area contributed by atoms with Crippen molar-refractivity contribution in [2.45, 2.75) is 5.37 Å². The van der Waals surface area contributed by atoms with E-state index in [9.17, 15) is 4.79 Å². The minimum absolute atomic E-state index is 0.0253. The van der Waals surface area contributed by atoms with Crippen LogP contribution >= 0.6 is 11.8 Å². The largest absolute Gasteiger partial charge is 0.472 e. The summed E-state index contributed by atoms with van der Waals surface area (Å²) in [4.78, 5) is 13.1. The molecule has 0 spiro atoms. The molecular weight excluding hydrogens is 198 g/mol. The first-order valence-corrected chi connectivity index (χ1v) is 5.24. The molecule has 1 atom stereocenters. The summed E-state index contributed by atoms with van der Waals surface area (Å²) in [5.74, 6) is 3.09. The number of furan rings is 1. The molecule has 72 valence electrons. The Bertz CT molecular complexity index is 366. The van der Waals surface area contributed by atoms with Crippen molar-refractivity contribution in [1.82, 2.24) is 4.90 Å². The van der Waals surface area contributed by atoms with Gasteiger partial charge in [-0.2, -0.15) is 0 Å². The quantitative estimate of drug-likeness (QED) is 0.689. The molecule has 1 aliphatic rings. The summed E-state index contributed by atoms with van der Waals surface area (Å²) in [6, 6.07) is 1.86. The highest BCUT2D eigenvalue weighted by molar-refractivity contribution is 8.00. The summed E-state index contributed by atoms with van der Waals surface area (Å²) in [5.41, 5.74) is 0.996. The lowest BCUT2D eigenvalue weighted by atomic mass is 10.3. The predicted octanol–water partition coefficient (Wildman–Crippen LogP) is 1.49. The molecule has 0 N–H and O–H groups in total. The van der Waals surface area contributed by atoms with Gasteiger partial charge in [-0.05, 0) is 6.07 Å². The fourth-order valence-electron chi connectivity index (χ4n) is 1.42. The van der Waals surface area contributed by atoms with E-state index in [0.717, 1.165) is 5.56 Å². The second-order valence-corrected chi connectivity index (χ2v) is 4.01. The van der Waals surface area contributed by atoms with Crippen LogP contribution in [0.1, 0.15) is 10.9 Å². The Morgan fingerprint density at radius 2 is 2.64 bits per heavy atom. The van der Waals surface area contributed by atoms with Gasteiger partial charge in [0.05, 0.1) is 24.8 Å². The van der Waals surface area contributed by atoms with Crippen LogP contribution in [-0.2, 0) is 4.79 Å². The maximum atomic E-state index is 11.4. The van der Waals surface area contributed by atoms with Gasteiger partial charge in [-0.1, -0.05) is 5.92 Å². The van der Waals surface area contributed by atoms with Crippen LogP contribution in [0.3, 0.4) is 0 Å². The van der Waals surface area contributed by atoms with Crippen LogP contribution in [0.2, 0.25) is 0 Å². The third kappa shape index (κ3) is 1.51. The van der Waals surface area contributed by atoms with Crippen molar-refractivity contribution in [2.75, 3.05) is 12.3 Å². The maximum Gasteiger partial charge on any atom is 0.234 e. The lowest BCUT2D eigenvalue weighted by molar-refractivity contribution is -0.127. The molecule has 1 fully saturated rings. The van der Waals surface area contributed by atoms with Crippen LogP contribution in [0.4, 0.5) is 0 Å². The van der Waals surface area contributed by atoms with Crippen LogP contribution in [0.15, 0.2) is 23.0 Å². The lowest BCUT2D eigenvalue weighted by Gasteiger charge is -2.19. The molecule has 14 heavy (non-hydrogen) atoms. The Balaban J connectivity index is 2.20. The summed E-state index contributed by atoms with van der Waals surface area (Å²) in [5, 5.41) is 0.0253. The van der Waals surface area contributed by atoms with Crippen molar-refractivity contribution in [2.24, 2.45) is 0 Å². The first kappa shape index (κ1) is 9.22. The highest BCUT2D eigenvalue weighted by Crippen LogP contribution is 2.38. The standard InChI is InChI=1S/C10H9NO2S/c1-2-4-11-9(12)7-14-10(11)8-3-5-13-6-8/h1,3,5-6,10H,4,7H2. The monoisotopic (exact) mass is 207 g/mol. The lowest BCUT2D eigenvalue weighted by Crippen LogP contribution is -2.28. The van der Waals surface area contributed by atoms with E-state index in [1.807, 2.05) is 6.07 Å². The van der Waals surface area contributed by atoms with E-state index >= 15 is 0 Å². The van der Waals surface area contributed by atoms with E-state index in [2.05, 4.69) is 5.92 Å². The number of carbonyl (C=O) groups excluding carboxylic acids is 1. The summed E-state index contributed by atoms with van der Waals surface area (Å²) >= 11 is 1.58. The summed E-state index contributed by atoms with van der Waals surface area (Å²) in [7, 11) is 0. The second-order valence-electron chi connectivity index (χ2n) is 2.95. The summed E-state index contributed by atoms with van der Waals surface area (Å²) in [6.07, 6.45) is 8.47. The molecule has 0 bridgehead atoms. The summed E-state index contributed by atoms with van der Waals surface area (Å²) in [6.45, 7) is 0.363. The minimum Gasteiger partial charge on any atom is -0.472 e. The number of terminal acetylenes is 1. The molecule has 1 unspecified atom stereocenters. The van der Waals surface area contributed by atoms with Crippen LogP contribution < -0.4 is 0 Å². The minimum atomic E-state index is 0.0253. The number of hydrogen-bond acceptors (Lipinski definition) is 3. The number of thioether (sulfide) groups is 1. The molecule has 0 saturated carbocycles. The fraction of sp³-hybridized carbons (Fsp3) is 0.300. The molecule has 1 aliphatic heterocycles. The molecule has 1 saturated heterocycles. The number of carbonyl (C=O) groups is 1. The Labute approximate surface area is 86.5 Å². The highest BCUT2D eigenvalue weighted by atomic mass is 32.2. The zero-order valence-electron chi connectivity index (χ0n) is 7.47. The van der Waals surface area contributed by atoms with Crippen molar-refractivity contribution in [3.63, 3.8) is 0 Å². The molecular formula is C10H9NO2S. The maximum absolute atomic E-state index is 11.4. The molecule has 2 rings (SSSR count). The number of amides is 1. The van der Waals surface area contributed by atoms with E-state index in [4.69, 9.17) is 10.8 Å². The molecule has 2 heterocycles. The molecule has 1 aromatic rings. The molecule has 4 heteroatoms. The molecule has 0 aromatic carbocycles.